The Morgan fingerprint density at radius 2 is 1.04 bits per heavy atom. The summed E-state index contributed by atoms with van der Waals surface area (Å²) in [5, 5.41) is 5.32. The van der Waals surface area contributed by atoms with E-state index < -0.39 is 0 Å². The molecule has 0 spiro atoms. The average Bonchev–Trinajstić information content (AvgIpc) is 3.27. The monoisotopic (exact) mass is 429 g/mol. The molecule has 0 heterocycles. The maximum absolute atomic E-state index is 2.12. The van der Waals surface area contributed by atoms with Gasteiger partial charge in [-0.15, -0.1) is 71.7 Å². The van der Waals surface area contributed by atoms with E-state index in [0.717, 1.165) is 0 Å². The molecule has 0 bridgehead atoms. The van der Waals surface area contributed by atoms with E-state index in [4.69, 9.17) is 0 Å². The Hall–Kier alpha value is -0.950. The van der Waals surface area contributed by atoms with Crippen molar-refractivity contribution in [1.82, 2.24) is 0 Å². The fraction of sp³-hybridized carbons (Fsp3) is 0.0952. The molecule has 0 aliphatic carbocycles. The fourth-order valence-electron chi connectivity index (χ4n) is 2.14. The van der Waals surface area contributed by atoms with Crippen LogP contribution in [0.25, 0.3) is 21.5 Å². The van der Waals surface area contributed by atoms with E-state index in [2.05, 4.69) is 84.9 Å². The summed E-state index contributed by atoms with van der Waals surface area (Å²) in [5.74, 6) is 0. The van der Waals surface area contributed by atoms with Crippen LogP contribution in [0, 0.1) is 6.42 Å². The Labute approximate surface area is 168 Å². The maximum Gasteiger partial charge on any atom is -0.0809 e. The Kier molecular flexibility index (Phi) is 13.8. The van der Waals surface area contributed by atoms with Gasteiger partial charge in [0.2, 0.25) is 0 Å². The third-order valence-corrected chi connectivity index (χ3v) is 3.10. The topological polar surface area (TPSA) is 0 Å². The van der Waals surface area contributed by atoms with Crippen molar-refractivity contribution < 1.29 is 23.3 Å². The van der Waals surface area contributed by atoms with Crippen molar-refractivity contribution in [2.24, 2.45) is 0 Å². The summed E-state index contributed by atoms with van der Waals surface area (Å²) in [6.45, 7) is 5.95. The van der Waals surface area contributed by atoms with E-state index in [1.165, 1.54) is 21.5 Å². The largest absolute Gasteiger partial charge is 0.168 e. The molecule has 0 saturated carbocycles. The summed E-state index contributed by atoms with van der Waals surface area (Å²) in [6.07, 6.45) is 2.00. The van der Waals surface area contributed by atoms with E-state index in [9.17, 15) is 0 Å². The molecule has 4 aromatic rings. The first-order valence-electron chi connectivity index (χ1n) is 7.65. The standard InChI is InChI=1S/2C9H7.C3H7.ClH.H2Si.Zr/c2*1-2-5-9-7-3-6-8(9)4-1;1-3-2;;;/h2*1-7H;3H,1-2H3;1H;1H2;/q3*-1;;;. The van der Waals surface area contributed by atoms with Crippen molar-refractivity contribution in [1.29, 1.82) is 0 Å². The molecule has 0 fully saturated rings. The Morgan fingerprint density at radius 1 is 0.708 bits per heavy atom. The molecule has 4 rings (SSSR count). The van der Waals surface area contributed by atoms with Gasteiger partial charge in [-0.1, -0.05) is 12.1 Å². The van der Waals surface area contributed by atoms with Crippen LogP contribution in [0.1, 0.15) is 13.8 Å². The Balaban J connectivity index is 0.000000339. The first-order chi connectivity index (χ1) is 11.3. The molecule has 0 N–H and O–H groups in total. The van der Waals surface area contributed by atoms with Crippen LogP contribution in [0.2, 0.25) is 0 Å². The second-order valence-electron chi connectivity index (χ2n) is 4.89. The third-order valence-electron chi connectivity index (χ3n) is 3.10. The molecule has 0 unspecified atom stereocenters. The van der Waals surface area contributed by atoms with Gasteiger partial charge in [0.05, 0.1) is 0 Å². The van der Waals surface area contributed by atoms with Crippen LogP contribution in [0.3, 0.4) is 0 Å². The minimum absolute atomic E-state index is 0. The van der Waals surface area contributed by atoms with Crippen molar-refractivity contribution in [3.8, 4) is 0 Å². The van der Waals surface area contributed by atoms with Crippen LogP contribution in [0.15, 0.2) is 84.9 Å². The first kappa shape index (κ1) is 23.1. The molecule has 4 aromatic carbocycles. The van der Waals surface area contributed by atoms with Gasteiger partial charge in [-0.05, 0) is 0 Å². The molecule has 24 heavy (non-hydrogen) atoms. The van der Waals surface area contributed by atoms with Crippen molar-refractivity contribution in [3.63, 3.8) is 0 Å². The van der Waals surface area contributed by atoms with Crippen molar-refractivity contribution in [2.75, 3.05) is 0 Å². The molecule has 0 aliphatic heterocycles. The van der Waals surface area contributed by atoms with Crippen molar-refractivity contribution >= 4 is 40.8 Å². The summed E-state index contributed by atoms with van der Waals surface area (Å²) in [5.41, 5.74) is 0. The van der Waals surface area contributed by atoms with Crippen LogP contribution >= 0.6 is 12.4 Å². The summed E-state index contributed by atoms with van der Waals surface area (Å²) < 4.78 is 0. The Bertz CT molecular complexity index is 662. The second-order valence-corrected chi connectivity index (χ2v) is 4.89. The molecule has 0 amide bonds. The van der Waals surface area contributed by atoms with Crippen LogP contribution in [-0.4, -0.2) is 6.88 Å². The zero-order valence-corrected chi connectivity index (χ0v) is 19.0. The van der Waals surface area contributed by atoms with Crippen molar-refractivity contribution in [2.45, 2.75) is 13.8 Å². The van der Waals surface area contributed by atoms with E-state index in [0.29, 0.717) is 0 Å². The van der Waals surface area contributed by atoms with Gasteiger partial charge in [0.1, 0.15) is 0 Å². The van der Waals surface area contributed by atoms with Crippen LogP contribution in [0.4, 0.5) is 0 Å². The minimum atomic E-state index is 0. The normalized spacial score (nSPS) is 8.54. The zero-order valence-electron chi connectivity index (χ0n) is 14.3. The van der Waals surface area contributed by atoms with Gasteiger partial charge < -0.3 is 6.42 Å². The number of benzene rings is 2. The number of rotatable bonds is 0. The van der Waals surface area contributed by atoms with Crippen LogP contribution in [-0.2, 0) is 23.3 Å². The maximum atomic E-state index is 2.12. The molecule has 126 valence electrons. The quantitative estimate of drug-likeness (QED) is 0.242. The van der Waals surface area contributed by atoms with E-state index in [-0.39, 0.29) is 12.4 Å². The minimum Gasteiger partial charge on any atom is -0.168 e. The summed E-state index contributed by atoms with van der Waals surface area (Å²) in [4.78, 5) is 0. The molecule has 0 radical (unpaired) electrons. The van der Waals surface area contributed by atoms with E-state index >= 15 is 0 Å². The fourth-order valence-corrected chi connectivity index (χ4v) is 2.14. The van der Waals surface area contributed by atoms with Crippen LogP contribution in [0.5, 0.6) is 0 Å². The van der Waals surface area contributed by atoms with E-state index in [1.54, 1.807) is 23.3 Å². The van der Waals surface area contributed by atoms with Gasteiger partial charge in [-0.3, -0.25) is 0 Å². The Morgan fingerprint density at radius 3 is 1.38 bits per heavy atom. The SMILES string of the molecule is C[CH-]C.Cl.[SiH2]=[Zr].c1ccc2[cH-]ccc2c1.c1ccc2[cH-]ccc2c1. The van der Waals surface area contributed by atoms with Gasteiger partial charge in [0.15, 0.2) is 0 Å². The smallest absolute Gasteiger partial charge is 0.0809 e. The molecule has 3 heteroatoms. The number of hydrogen-bond donors (Lipinski definition) is 0. The molecule has 0 aromatic heterocycles. The number of fused-ring (bicyclic) bond motifs is 2. The first-order valence-corrected chi connectivity index (χ1v) is 13.6. The van der Waals surface area contributed by atoms with Gasteiger partial charge >= 0.3 is 30.2 Å². The number of hydrogen-bond acceptors (Lipinski definition) is 0. The third kappa shape index (κ3) is 7.75. The van der Waals surface area contributed by atoms with Gasteiger partial charge in [-0.2, -0.15) is 48.9 Å². The zero-order chi connectivity index (χ0) is 16.9. The van der Waals surface area contributed by atoms with Crippen LogP contribution < -0.4 is 0 Å². The number of halogens is 1. The molecule has 0 nitrogen and oxygen atoms in total. The van der Waals surface area contributed by atoms with Gasteiger partial charge in [0.25, 0.3) is 0 Å². The summed E-state index contributed by atoms with van der Waals surface area (Å²) >= 11 is 1.58. The summed E-state index contributed by atoms with van der Waals surface area (Å²) in [7, 11) is 0. The van der Waals surface area contributed by atoms with E-state index in [1.807, 2.05) is 27.1 Å². The molecule has 0 aliphatic rings. The predicted octanol–water partition coefficient (Wildman–Crippen LogP) is 5.85. The molecular weight excluding hydrogens is 407 g/mol. The molecule has 0 atom stereocenters. The van der Waals surface area contributed by atoms with Gasteiger partial charge in [0, 0.05) is 0 Å². The van der Waals surface area contributed by atoms with Crippen molar-refractivity contribution in [3.05, 3.63) is 91.3 Å². The second kappa shape index (κ2) is 14.4. The molecular formula is C21H24ClSiZr-3. The predicted molar refractivity (Wildman–Crippen MR) is 111 cm³/mol. The van der Waals surface area contributed by atoms with Gasteiger partial charge in [-0.25, -0.2) is 0 Å². The average molecular weight is 431 g/mol. The molecule has 0 saturated heterocycles. The summed E-state index contributed by atoms with van der Waals surface area (Å²) in [6, 6.07) is 29.3.